The van der Waals surface area contributed by atoms with Crippen molar-refractivity contribution in [2.45, 2.75) is 46.1 Å². The number of nitrogens with one attached hydrogen (secondary N) is 1. The van der Waals surface area contributed by atoms with Crippen LogP contribution in [0.2, 0.25) is 0 Å². The van der Waals surface area contributed by atoms with Gasteiger partial charge in [0.2, 0.25) is 0 Å². The highest BCUT2D eigenvalue weighted by molar-refractivity contribution is 5.82. The smallest absolute Gasteiger partial charge is 0.329 e. The minimum absolute atomic E-state index is 0.134. The number of hydrogen-bond donors (Lipinski definition) is 2. The minimum Gasteiger partial charge on any atom is -0.480 e. The van der Waals surface area contributed by atoms with Crippen LogP contribution in [0.25, 0.3) is 0 Å². The summed E-state index contributed by atoms with van der Waals surface area (Å²) in [7, 11) is 0. The van der Waals surface area contributed by atoms with E-state index in [2.05, 4.69) is 26.1 Å². The van der Waals surface area contributed by atoms with Crippen LogP contribution in [0.15, 0.2) is 30.3 Å². The van der Waals surface area contributed by atoms with Gasteiger partial charge in [-0.2, -0.15) is 0 Å². The normalized spacial score (nSPS) is 14.9. The maximum atomic E-state index is 11.5. The SMILES string of the molecule is CC(C)(C)CC[C@](C)(Nc1ccccc1)C(=O)O. The van der Waals surface area contributed by atoms with Crippen molar-refractivity contribution in [1.29, 1.82) is 0 Å². The molecule has 3 heteroatoms. The summed E-state index contributed by atoms with van der Waals surface area (Å²) in [6, 6.07) is 9.48. The average Bonchev–Trinajstić information content (AvgIpc) is 2.27. The summed E-state index contributed by atoms with van der Waals surface area (Å²) in [5, 5.41) is 12.6. The Kier molecular flexibility index (Phi) is 4.38. The third kappa shape index (κ3) is 4.40. The van der Waals surface area contributed by atoms with Gasteiger partial charge in [0, 0.05) is 5.69 Å². The number of carboxylic acid groups (broad SMARTS) is 1. The van der Waals surface area contributed by atoms with E-state index in [1.807, 2.05) is 30.3 Å². The van der Waals surface area contributed by atoms with Crippen LogP contribution in [0.1, 0.15) is 40.5 Å². The van der Waals surface area contributed by atoms with E-state index >= 15 is 0 Å². The minimum atomic E-state index is -0.922. The van der Waals surface area contributed by atoms with Crippen LogP contribution in [0.3, 0.4) is 0 Å². The molecule has 0 bridgehead atoms. The molecule has 0 heterocycles. The maximum Gasteiger partial charge on any atom is 0.329 e. The Labute approximate surface area is 109 Å². The molecule has 18 heavy (non-hydrogen) atoms. The van der Waals surface area contributed by atoms with E-state index < -0.39 is 11.5 Å². The van der Waals surface area contributed by atoms with E-state index in [-0.39, 0.29) is 5.41 Å². The van der Waals surface area contributed by atoms with Gasteiger partial charge in [-0.3, -0.25) is 0 Å². The van der Waals surface area contributed by atoms with Crippen LogP contribution in [0, 0.1) is 5.41 Å². The Morgan fingerprint density at radius 2 is 1.67 bits per heavy atom. The second-order valence-corrected chi connectivity index (χ2v) is 6.19. The molecule has 0 radical (unpaired) electrons. The summed E-state index contributed by atoms with van der Waals surface area (Å²) in [6.07, 6.45) is 1.45. The van der Waals surface area contributed by atoms with Gasteiger partial charge in [0.05, 0.1) is 0 Å². The van der Waals surface area contributed by atoms with Crippen LogP contribution in [-0.4, -0.2) is 16.6 Å². The molecule has 1 atom stereocenters. The zero-order chi connectivity index (χ0) is 13.8. The quantitative estimate of drug-likeness (QED) is 0.835. The number of carbonyl (C=O) groups is 1. The van der Waals surface area contributed by atoms with Crippen LogP contribution < -0.4 is 5.32 Å². The van der Waals surface area contributed by atoms with Gasteiger partial charge in [-0.25, -0.2) is 4.79 Å². The van der Waals surface area contributed by atoms with Crippen molar-refractivity contribution >= 4 is 11.7 Å². The Morgan fingerprint density at radius 3 is 2.11 bits per heavy atom. The zero-order valence-electron chi connectivity index (χ0n) is 11.7. The van der Waals surface area contributed by atoms with E-state index in [1.165, 1.54) is 0 Å². The first kappa shape index (κ1) is 14.6. The maximum absolute atomic E-state index is 11.5. The van der Waals surface area contributed by atoms with Crippen molar-refractivity contribution in [3.63, 3.8) is 0 Å². The van der Waals surface area contributed by atoms with E-state index in [9.17, 15) is 9.90 Å². The van der Waals surface area contributed by atoms with Gasteiger partial charge < -0.3 is 10.4 Å². The first-order valence-electron chi connectivity index (χ1n) is 6.30. The molecular formula is C15H23NO2. The fraction of sp³-hybridized carbons (Fsp3) is 0.533. The van der Waals surface area contributed by atoms with Crippen LogP contribution in [-0.2, 0) is 4.79 Å². The number of aliphatic carboxylic acids is 1. The van der Waals surface area contributed by atoms with E-state index in [0.717, 1.165) is 12.1 Å². The summed E-state index contributed by atoms with van der Waals surface area (Å²) in [5.41, 5.74) is 0.0558. The molecule has 1 rings (SSSR count). The molecule has 0 aliphatic heterocycles. The molecule has 0 unspecified atom stereocenters. The van der Waals surface area contributed by atoms with Crippen LogP contribution in [0.5, 0.6) is 0 Å². The van der Waals surface area contributed by atoms with Gasteiger partial charge >= 0.3 is 5.97 Å². The molecule has 3 nitrogen and oxygen atoms in total. The predicted molar refractivity (Wildman–Crippen MR) is 74.8 cm³/mol. The van der Waals surface area contributed by atoms with Gasteiger partial charge in [-0.15, -0.1) is 0 Å². The molecule has 1 aromatic carbocycles. The number of carboxylic acids is 1. The van der Waals surface area contributed by atoms with Gasteiger partial charge in [0.15, 0.2) is 0 Å². The lowest BCUT2D eigenvalue weighted by atomic mass is 9.84. The van der Waals surface area contributed by atoms with Crippen molar-refractivity contribution < 1.29 is 9.90 Å². The third-order valence-electron chi connectivity index (χ3n) is 3.04. The second-order valence-electron chi connectivity index (χ2n) is 6.19. The Morgan fingerprint density at radius 1 is 1.11 bits per heavy atom. The van der Waals surface area contributed by atoms with Crippen LogP contribution >= 0.6 is 0 Å². The number of hydrogen-bond acceptors (Lipinski definition) is 2. The first-order valence-corrected chi connectivity index (χ1v) is 6.30. The topological polar surface area (TPSA) is 49.3 Å². The third-order valence-corrected chi connectivity index (χ3v) is 3.04. The summed E-state index contributed by atoms with van der Waals surface area (Å²) < 4.78 is 0. The Balaban J connectivity index is 2.78. The monoisotopic (exact) mass is 249 g/mol. The lowest BCUT2D eigenvalue weighted by molar-refractivity contribution is -0.142. The summed E-state index contributed by atoms with van der Waals surface area (Å²) >= 11 is 0. The summed E-state index contributed by atoms with van der Waals surface area (Å²) in [6.45, 7) is 8.11. The summed E-state index contributed by atoms with van der Waals surface area (Å²) in [5.74, 6) is -0.810. The predicted octanol–water partition coefficient (Wildman–Crippen LogP) is 3.77. The van der Waals surface area contributed by atoms with Crippen molar-refractivity contribution in [3.8, 4) is 0 Å². The van der Waals surface area contributed by atoms with Gasteiger partial charge in [0.25, 0.3) is 0 Å². The Bertz CT molecular complexity index is 395. The van der Waals surface area contributed by atoms with Gasteiger partial charge in [0.1, 0.15) is 5.54 Å². The van der Waals surface area contributed by atoms with Crippen molar-refractivity contribution in [2.75, 3.05) is 5.32 Å². The number of benzene rings is 1. The fourth-order valence-corrected chi connectivity index (χ4v) is 1.69. The van der Waals surface area contributed by atoms with Crippen molar-refractivity contribution in [2.24, 2.45) is 5.41 Å². The molecule has 100 valence electrons. The van der Waals surface area contributed by atoms with E-state index in [0.29, 0.717) is 6.42 Å². The lowest BCUT2D eigenvalue weighted by Crippen LogP contribution is -2.44. The molecule has 0 saturated carbocycles. The number of para-hydroxylation sites is 1. The molecule has 0 amide bonds. The average molecular weight is 249 g/mol. The van der Waals surface area contributed by atoms with Gasteiger partial charge in [-0.05, 0) is 37.3 Å². The second kappa shape index (κ2) is 5.42. The summed E-state index contributed by atoms with van der Waals surface area (Å²) in [4.78, 5) is 11.5. The van der Waals surface area contributed by atoms with Crippen LogP contribution in [0.4, 0.5) is 5.69 Å². The Hall–Kier alpha value is -1.51. The standard InChI is InChI=1S/C15H23NO2/c1-14(2,3)10-11-15(4,13(17)18)16-12-8-6-5-7-9-12/h5-9,16H,10-11H2,1-4H3,(H,17,18)/t15-/m0/s1. The number of rotatable bonds is 5. The van der Waals surface area contributed by atoms with Crippen molar-refractivity contribution in [1.82, 2.24) is 0 Å². The van der Waals surface area contributed by atoms with Crippen molar-refractivity contribution in [3.05, 3.63) is 30.3 Å². The molecule has 0 aliphatic rings. The highest BCUT2D eigenvalue weighted by Crippen LogP contribution is 2.28. The molecule has 0 fully saturated rings. The largest absolute Gasteiger partial charge is 0.480 e. The molecular weight excluding hydrogens is 226 g/mol. The highest BCUT2D eigenvalue weighted by Gasteiger charge is 2.33. The zero-order valence-corrected chi connectivity index (χ0v) is 11.7. The fourth-order valence-electron chi connectivity index (χ4n) is 1.69. The van der Waals surface area contributed by atoms with Gasteiger partial charge in [-0.1, -0.05) is 39.0 Å². The molecule has 0 saturated heterocycles. The number of anilines is 1. The van der Waals surface area contributed by atoms with E-state index in [1.54, 1.807) is 6.92 Å². The molecule has 0 spiro atoms. The highest BCUT2D eigenvalue weighted by atomic mass is 16.4. The van der Waals surface area contributed by atoms with E-state index in [4.69, 9.17) is 0 Å². The molecule has 2 N–H and O–H groups in total. The first-order chi connectivity index (χ1) is 8.23. The lowest BCUT2D eigenvalue weighted by Gasteiger charge is -2.30. The molecule has 0 aliphatic carbocycles. The molecule has 0 aromatic heterocycles. The molecule has 1 aromatic rings.